The molecule has 33 heavy (non-hydrogen) atoms. The van der Waals surface area contributed by atoms with Gasteiger partial charge in [0.1, 0.15) is 0 Å². The van der Waals surface area contributed by atoms with E-state index in [0.29, 0.717) is 18.0 Å². The van der Waals surface area contributed by atoms with Gasteiger partial charge in [0.15, 0.2) is 0 Å². The molecule has 2 heterocycles. The van der Waals surface area contributed by atoms with Gasteiger partial charge >= 0.3 is 6.03 Å². The molecule has 0 spiro atoms. The molecule has 0 saturated carbocycles. The summed E-state index contributed by atoms with van der Waals surface area (Å²) in [5, 5.41) is 12.3. The third-order valence-corrected chi connectivity index (χ3v) is 7.01. The molecule has 6 heteroatoms. The fourth-order valence-corrected chi connectivity index (χ4v) is 5.03. The van der Waals surface area contributed by atoms with E-state index in [1.807, 2.05) is 29.2 Å². The van der Waals surface area contributed by atoms with Crippen molar-refractivity contribution in [3.8, 4) is 6.07 Å². The van der Waals surface area contributed by atoms with Crippen molar-refractivity contribution in [1.29, 1.82) is 5.26 Å². The number of likely N-dealkylation sites (tertiary alicyclic amines) is 1. The van der Waals surface area contributed by atoms with Crippen molar-refractivity contribution in [3.05, 3.63) is 65.7 Å². The van der Waals surface area contributed by atoms with Crippen LogP contribution >= 0.6 is 0 Å². The minimum absolute atomic E-state index is 0.0504. The van der Waals surface area contributed by atoms with E-state index in [1.54, 1.807) is 0 Å². The summed E-state index contributed by atoms with van der Waals surface area (Å²) in [4.78, 5) is 19.5. The van der Waals surface area contributed by atoms with Gasteiger partial charge in [0.05, 0.1) is 11.6 Å². The molecule has 1 atom stereocenters. The molecule has 2 amide bonds. The maximum Gasteiger partial charge on any atom is 0.317 e. The molecule has 0 aliphatic carbocycles. The van der Waals surface area contributed by atoms with E-state index in [9.17, 15) is 4.79 Å². The molecule has 4 rings (SSSR count). The van der Waals surface area contributed by atoms with Gasteiger partial charge in [-0.15, -0.1) is 0 Å². The summed E-state index contributed by atoms with van der Waals surface area (Å²) in [6.45, 7) is 8.42. The lowest BCUT2D eigenvalue weighted by Crippen LogP contribution is -2.56. The number of urea groups is 1. The van der Waals surface area contributed by atoms with Crippen LogP contribution in [-0.2, 0) is 6.54 Å². The minimum atomic E-state index is 0.0504. The Labute approximate surface area is 197 Å². The largest absolute Gasteiger partial charge is 0.368 e. The van der Waals surface area contributed by atoms with Gasteiger partial charge in [0.25, 0.3) is 0 Å². The van der Waals surface area contributed by atoms with Crippen LogP contribution in [0.4, 0.5) is 10.5 Å². The standard InChI is InChI=1S/C27H35N5O/c1-22-20-31(26-9-5-8-25(18-26)19-28)16-17-32(22)27(33)29-13-10-23-11-14-30(15-12-23)21-24-6-3-2-4-7-24/h2-9,18,22-23H,10-17,20-21H2,1H3,(H,29,33)/t22-/m1/s1. The molecule has 0 radical (unpaired) electrons. The second-order valence-electron chi connectivity index (χ2n) is 9.38. The number of carbonyl (C=O) groups excluding carboxylic acids is 1. The zero-order valence-corrected chi connectivity index (χ0v) is 19.6. The number of piperazine rings is 1. The first kappa shape index (κ1) is 23.1. The number of anilines is 1. The highest BCUT2D eigenvalue weighted by Gasteiger charge is 2.28. The summed E-state index contributed by atoms with van der Waals surface area (Å²) < 4.78 is 0. The van der Waals surface area contributed by atoms with Crippen molar-refractivity contribution >= 4 is 11.7 Å². The normalized spacial score (nSPS) is 19.8. The van der Waals surface area contributed by atoms with Crippen LogP contribution in [0.25, 0.3) is 0 Å². The maximum atomic E-state index is 12.8. The maximum absolute atomic E-state index is 12.8. The molecule has 2 aromatic carbocycles. The first-order valence-electron chi connectivity index (χ1n) is 12.2. The van der Waals surface area contributed by atoms with E-state index in [2.05, 4.69) is 58.4 Å². The number of nitrogens with zero attached hydrogens (tertiary/aromatic N) is 4. The summed E-state index contributed by atoms with van der Waals surface area (Å²) >= 11 is 0. The predicted octanol–water partition coefficient (Wildman–Crippen LogP) is 4.08. The van der Waals surface area contributed by atoms with Gasteiger partial charge in [0.2, 0.25) is 0 Å². The first-order valence-corrected chi connectivity index (χ1v) is 12.2. The summed E-state index contributed by atoms with van der Waals surface area (Å²) in [5.74, 6) is 0.694. The van der Waals surface area contributed by atoms with Gasteiger partial charge < -0.3 is 15.1 Å². The number of hydrogen-bond donors (Lipinski definition) is 1. The molecular formula is C27H35N5O. The van der Waals surface area contributed by atoms with E-state index >= 15 is 0 Å². The zero-order chi connectivity index (χ0) is 23.0. The quantitative estimate of drug-likeness (QED) is 0.728. The van der Waals surface area contributed by atoms with E-state index < -0.39 is 0 Å². The number of amides is 2. The number of carbonyl (C=O) groups is 1. The van der Waals surface area contributed by atoms with Crippen LogP contribution in [0.1, 0.15) is 37.3 Å². The van der Waals surface area contributed by atoms with Crippen molar-refractivity contribution in [3.63, 3.8) is 0 Å². The molecule has 6 nitrogen and oxygen atoms in total. The molecule has 2 aliphatic rings. The molecule has 0 bridgehead atoms. The van der Waals surface area contributed by atoms with Crippen molar-refractivity contribution in [1.82, 2.24) is 15.1 Å². The Morgan fingerprint density at radius 3 is 2.58 bits per heavy atom. The predicted molar refractivity (Wildman–Crippen MR) is 132 cm³/mol. The van der Waals surface area contributed by atoms with E-state index in [-0.39, 0.29) is 12.1 Å². The topological polar surface area (TPSA) is 62.6 Å². The average Bonchev–Trinajstić information content (AvgIpc) is 2.85. The van der Waals surface area contributed by atoms with Crippen LogP contribution in [0.15, 0.2) is 54.6 Å². The second-order valence-corrected chi connectivity index (χ2v) is 9.38. The van der Waals surface area contributed by atoms with Gasteiger partial charge in [-0.3, -0.25) is 4.90 Å². The van der Waals surface area contributed by atoms with E-state index in [1.165, 1.54) is 18.4 Å². The molecule has 2 saturated heterocycles. The Balaban J connectivity index is 1.16. The van der Waals surface area contributed by atoms with Crippen LogP contribution in [-0.4, -0.2) is 61.1 Å². The fraction of sp³-hybridized carbons (Fsp3) is 0.481. The average molecular weight is 446 g/mol. The number of nitriles is 1. The molecule has 0 aromatic heterocycles. The van der Waals surface area contributed by atoms with Gasteiger partial charge in [-0.05, 0) is 69.0 Å². The zero-order valence-electron chi connectivity index (χ0n) is 19.6. The lowest BCUT2D eigenvalue weighted by Gasteiger charge is -2.41. The number of benzene rings is 2. The lowest BCUT2D eigenvalue weighted by molar-refractivity contribution is 0.162. The van der Waals surface area contributed by atoms with Crippen LogP contribution < -0.4 is 10.2 Å². The Kier molecular flexibility index (Phi) is 7.85. The Morgan fingerprint density at radius 2 is 1.85 bits per heavy atom. The first-order chi connectivity index (χ1) is 16.1. The van der Waals surface area contributed by atoms with E-state index in [0.717, 1.165) is 51.4 Å². The van der Waals surface area contributed by atoms with Gasteiger partial charge in [-0.1, -0.05) is 36.4 Å². The number of piperidine rings is 1. The lowest BCUT2D eigenvalue weighted by atomic mass is 9.93. The highest BCUT2D eigenvalue weighted by molar-refractivity contribution is 5.75. The Morgan fingerprint density at radius 1 is 1.06 bits per heavy atom. The van der Waals surface area contributed by atoms with Crippen molar-refractivity contribution in [2.45, 2.75) is 38.8 Å². The van der Waals surface area contributed by atoms with E-state index in [4.69, 9.17) is 5.26 Å². The van der Waals surface area contributed by atoms with Gasteiger partial charge in [0, 0.05) is 44.5 Å². The number of hydrogen-bond acceptors (Lipinski definition) is 4. The Hall–Kier alpha value is -3.04. The number of rotatable bonds is 6. The summed E-state index contributed by atoms with van der Waals surface area (Å²) in [7, 11) is 0. The van der Waals surface area contributed by atoms with Crippen LogP contribution in [0, 0.1) is 17.2 Å². The minimum Gasteiger partial charge on any atom is -0.368 e. The smallest absolute Gasteiger partial charge is 0.317 e. The molecule has 174 valence electrons. The summed E-state index contributed by atoms with van der Waals surface area (Å²) in [5.41, 5.74) is 3.11. The molecule has 2 aromatic rings. The summed E-state index contributed by atoms with van der Waals surface area (Å²) in [6.07, 6.45) is 3.47. The van der Waals surface area contributed by atoms with Crippen LogP contribution in [0.2, 0.25) is 0 Å². The Bertz CT molecular complexity index is 948. The molecule has 1 N–H and O–H groups in total. The second kappa shape index (κ2) is 11.2. The van der Waals surface area contributed by atoms with Crippen LogP contribution in [0.5, 0.6) is 0 Å². The molecule has 2 fully saturated rings. The third kappa shape index (κ3) is 6.27. The van der Waals surface area contributed by atoms with Crippen molar-refractivity contribution in [2.75, 3.05) is 44.2 Å². The highest BCUT2D eigenvalue weighted by Crippen LogP contribution is 2.22. The van der Waals surface area contributed by atoms with Crippen LogP contribution in [0.3, 0.4) is 0 Å². The third-order valence-electron chi connectivity index (χ3n) is 7.01. The SMILES string of the molecule is C[C@@H]1CN(c2cccc(C#N)c2)CCN1C(=O)NCCC1CCN(Cc2ccccc2)CC1. The highest BCUT2D eigenvalue weighted by atomic mass is 16.2. The van der Waals surface area contributed by atoms with Crippen molar-refractivity contribution < 1.29 is 4.79 Å². The molecule has 0 unspecified atom stereocenters. The molecular weight excluding hydrogens is 410 g/mol. The number of nitrogens with one attached hydrogen (secondary N) is 1. The van der Waals surface area contributed by atoms with Crippen molar-refractivity contribution in [2.24, 2.45) is 5.92 Å². The summed E-state index contributed by atoms with van der Waals surface area (Å²) in [6, 6.07) is 20.8. The van der Waals surface area contributed by atoms with Gasteiger partial charge in [-0.2, -0.15) is 5.26 Å². The molecule has 2 aliphatic heterocycles. The fourth-order valence-electron chi connectivity index (χ4n) is 5.03. The monoisotopic (exact) mass is 445 g/mol. The van der Waals surface area contributed by atoms with Gasteiger partial charge in [-0.25, -0.2) is 4.79 Å².